The molecule has 2 N–H and O–H groups in total. The number of hydrogen-bond acceptors (Lipinski definition) is 2. The molecule has 0 aliphatic heterocycles. The highest BCUT2D eigenvalue weighted by atomic mass is 16.4. The Balaban J connectivity index is 4.24. The summed E-state index contributed by atoms with van der Waals surface area (Å²) >= 11 is 0. The summed E-state index contributed by atoms with van der Waals surface area (Å²) in [5.41, 5.74) is 0.174. The standard InChI is InChI=1S/C14H25NO3/c1-6-7-11(13(17)18)15-12(16)8-10(2)9-14(3,4)5/h6,10-11H,1,7-9H2,2-5H3,(H,15,16)(H,17,18). The van der Waals surface area contributed by atoms with Gasteiger partial charge >= 0.3 is 5.97 Å². The highest BCUT2D eigenvalue weighted by Crippen LogP contribution is 2.25. The van der Waals surface area contributed by atoms with E-state index in [0.29, 0.717) is 6.42 Å². The van der Waals surface area contributed by atoms with Crippen LogP contribution in [0.15, 0.2) is 12.7 Å². The third-order valence-electron chi connectivity index (χ3n) is 2.53. The van der Waals surface area contributed by atoms with E-state index >= 15 is 0 Å². The molecule has 0 aliphatic carbocycles. The van der Waals surface area contributed by atoms with Gasteiger partial charge in [-0.15, -0.1) is 6.58 Å². The van der Waals surface area contributed by atoms with Crippen LogP contribution in [-0.2, 0) is 9.59 Å². The molecule has 0 spiro atoms. The first-order valence-electron chi connectivity index (χ1n) is 6.28. The van der Waals surface area contributed by atoms with E-state index in [1.165, 1.54) is 6.08 Å². The van der Waals surface area contributed by atoms with Crippen molar-refractivity contribution in [3.05, 3.63) is 12.7 Å². The second-order valence-corrected chi connectivity index (χ2v) is 6.06. The Morgan fingerprint density at radius 3 is 2.33 bits per heavy atom. The van der Waals surface area contributed by atoms with E-state index in [1.54, 1.807) is 0 Å². The van der Waals surface area contributed by atoms with Crippen LogP contribution >= 0.6 is 0 Å². The normalized spacial score (nSPS) is 14.7. The van der Waals surface area contributed by atoms with E-state index in [9.17, 15) is 9.59 Å². The Morgan fingerprint density at radius 1 is 1.39 bits per heavy atom. The first-order chi connectivity index (χ1) is 8.15. The lowest BCUT2D eigenvalue weighted by atomic mass is 9.84. The number of amides is 1. The van der Waals surface area contributed by atoms with Crippen molar-refractivity contribution >= 4 is 11.9 Å². The van der Waals surface area contributed by atoms with Gasteiger partial charge in [0, 0.05) is 6.42 Å². The van der Waals surface area contributed by atoms with Crippen molar-refractivity contribution < 1.29 is 14.7 Å². The van der Waals surface area contributed by atoms with Gasteiger partial charge in [-0.2, -0.15) is 0 Å². The molecule has 18 heavy (non-hydrogen) atoms. The first-order valence-corrected chi connectivity index (χ1v) is 6.28. The third-order valence-corrected chi connectivity index (χ3v) is 2.53. The minimum absolute atomic E-state index is 0.174. The zero-order valence-corrected chi connectivity index (χ0v) is 11.8. The van der Waals surface area contributed by atoms with Gasteiger partial charge in [0.15, 0.2) is 0 Å². The average Bonchev–Trinajstić information content (AvgIpc) is 2.13. The molecule has 0 fully saturated rings. The minimum Gasteiger partial charge on any atom is -0.480 e. The second-order valence-electron chi connectivity index (χ2n) is 6.06. The van der Waals surface area contributed by atoms with E-state index in [2.05, 4.69) is 32.7 Å². The van der Waals surface area contributed by atoms with Crippen LogP contribution in [0.1, 0.15) is 47.0 Å². The number of nitrogens with one attached hydrogen (secondary N) is 1. The van der Waals surface area contributed by atoms with E-state index < -0.39 is 12.0 Å². The molecule has 0 bridgehead atoms. The van der Waals surface area contributed by atoms with E-state index in [-0.39, 0.29) is 23.7 Å². The Labute approximate surface area is 109 Å². The van der Waals surface area contributed by atoms with Crippen molar-refractivity contribution in [2.75, 3.05) is 0 Å². The quantitative estimate of drug-likeness (QED) is 0.687. The maximum absolute atomic E-state index is 11.7. The van der Waals surface area contributed by atoms with Gasteiger partial charge in [-0.05, 0) is 24.2 Å². The molecule has 0 heterocycles. The lowest BCUT2D eigenvalue weighted by molar-refractivity contribution is -0.141. The van der Waals surface area contributed by atoms with Crippen LogP contribution < -0.4 is 5.32 Å². The Hall–Kier alpha value is -1.32. The van der Waals surface area contributed by atoms with Crippen LogP contribution in [0, 0.1) is 11.3 Å². The van der Waals surface area contributed by atoms with Gasteiger partial charge in [0.05, 0.1) is 0 Å². The van der Waals surface area contributed by atoms with Gasteiger partial charge in [-0.3, -0.25) is 4.79 Å². The number of carboxylic acid groups (broad SMARTS) is 1. The molecule has 0 aliphatic rings. The molecule has 4 heteroatoms. The molecule has 1 amide bonds. The summed E-state index contributed by atoms with van der Waals surface area (Å²) in [5.74, 6) is -0.990. The molecule has 4 nitrogen and oxygen atoms in total. The van der Waals surface area contributed by atoms with Gasteiger partial charge in [0.25, 0.3) is 0 Å². The number of carboxylic acids is 1. The zero-order valence-electron chi connectivity index (χ0n) is 11.8. The maximum atomic E-state index is 11.7. The predicted molar refractivity (Wildman–Crippen MR) is 72.2 cm³/mol. The van der Waals surface area contributed by atoms with E-state index in [1.807, 2.05) is 6.92 Å². The fraction of sp³-hybridized carbons (Fsp3) is 0.714. The summed E-state index contributed by atoms with van der Waals surface area (Å²) in [7, 11) is 0. The van der Waals surface area contributed by atoms with Crippen LogP contribution in [0.5, 0.6) is 0 Å². The van der Waals surface area contributed by atoms with Crippen molar-refractivity contribution in [2.24, 2.45) is 11.3 Å². The Bertz CT molecular complexity index is 305. The molecule has 0 aromatic heterocycles. The maximum Gasteiger partial charge on any atom is 0.326 e. The fourth-order valence-corrected chi connectivity index (χ4v) is 2.08. The summed E-state index contributed by atoms with van der Waals surface area (Å²) in [6.07, 6.45) is 3.03. The SMILES string of the molecule is C=CCC(NC(=O)CC(C)CC(C)(C)C)C(=O)O. The summed E-state index contributed by atoms with van der Waals surface area (Å²) < 4.78 is 0. The van der Waals surface area contributed by atoms with Crippen LogP contribution in [0.2, 0.25) is 0 Å². The predicted octanol–water partition coefficient (Wildman–Crippen LogP) is 2.59. The number of carbonyl (C=O) groups excluding carboxylic acids is 1. The number of aliphatic carboxylic acids is 1. The fourth-order valence-electron chi connectivity index (χ4n) is 2.08. The molecule has 0 aromatic carbocycles. The van der Waals surface area contributed by atoms with Gasteiger partial charge in [-0.25, -0.2) is 4.79 Å². The molecule has 0 rings (SSSR count). The van der Waals surface area contributed by atoms with Crippen molar-refractivity contribution in [3.63, 3.8) is 0 Å². The molecule has 2 atom stereocenters. The van der Waals surface area contributed by atoms with Crippen molar-refractivity contribution in [2.45, 2.75) is 53.0 Å². The number of hydrogen-bond donors (Lipinski definition) is 2. The summed E-state index contributed by atoms with van der Waals surface area (Å²) in [5, 5.41) is 11.4. The van der Waals surface area contributed by atoms with Gasteiger partial charge < -0.3 is 10.4 Å². The molecule has 104 valence electrons. The number of carbonyl (C=O) groups is 2. The molecule has 0 saturated carbocycles. The Morgan fingerprint density at radius 2 is 1.94 bits per heavy atom. The monoisotopic (exact) mass is 255 g/mol. The molecule has 0 radical (unpaired) electrons. The lowest BCUT2D eigenvalue weighted by Crippen LogP contribution is -2.41. The van der Waals surface area contributed by atoms with Crippen LogP contribution in [-0.4, -0.2) is 23.0 Å². The highest BCUT2D eigenvalue weighted by molar-refractivity contribution is 5.83. The van der Waals surface area contributed by atoms with Crippen LogP contribution in [0.25, 0.3) is 0 Å². The van der Waals surface area contributed by atoms with Crippen molar-refractivity contribution in [3.8, 4) is 0 Å². The molecular weight excluding hydrogens is 230 g/mol. The van der Waals surface area contributed by atoms with Crippen molar-refractivity contribution in [1.82, 2.24) is 5.32 Å². The first kappa shape index (κ1) is 16.7. The summed E-state index contributed by atoms with van der Waals surface area (Å²) in [6.45, 7) is 11.9. The van der Waals surface area contributed by atoms with Gasteiger partial charge in [-0.1, -0.05) is 33.8 Å². The number of rotatable bonds is 7. The largest absolute Gasteiger partial charge is 0.480 e. The smallest absolute Gasteiger partial charge is 0.326 e. The molecular formula is C14H25NO3. The summed E-state index contributed by atoms with van der Waals surface area (Å²) in [4.78, 5) is 22.6. The summed E-state index contributed by atoms with van der Waals surface area (Å²) in [6, 6.07) is -0.864. The Kier molecular flexibility index (Phi) is 6.66. The van der Waals surface area contributed by atoms with Gasteiger partial charge in [0.2, 0.25) is 5.91 Å². The van der Waals surface area contributed by atoms with Crippen LogP contribution in [0.3, 0.4) is 0 Å². The lowest BCUT2D eigenvalue weighted by Gasteiger charge is -2.23. The molecule has 0 saturated heterocycles. The molecule has 0 aromatic rings. The topological polar surface area (TPSA) is 66.4 Å². The van der Waals surface area contributed by atoms with Crippen LogP contribution in [0.4, 0.5) is 0 Å². The van der Waals surface area contributed by atoms with Crippen molar-refractivity contribution in [1.29, 1.82) is 0 Å². The second kappa shape index (κ2) is 7.19. The zero-order chi connectivity index (χ0) is 14.3. The van der Waals surface area contributed by atoms with E-state index in [0.717, 1.165) is 6.42 Å². The highest BCUT2D eigenvalue weighted by Gasteiger charge is 2.21. The minimum atomic E-state index is -1.02. The van der Waals surface area contributed by atoms with Gasteiger partial charge in [0.1, 0.15) is 6.04 Å². The molecule has 2 unspecified atom stereocenters. The third kappa shape index (κ3) is 7.87. The average molecular weight is 255 g/mol. The van der Waals surface area contributed by atoms with E-state index in [4.69, 9.17) is 5.11 Å².